The highest BCUT2D eigenvalue weighted by Crippen LogP contribution is 2.19. The van der Waals surface area contributed by atoms with E-state index in [4.69, 9.17) is 16.3 Å². The second-order valence-corrected chi connectivity index (χ2v) is 4.85. The van der Waals surface area contributed by atoms with E-state index in [1.54, 1.807) is 19.2 Å². The molecule has 0 amide bonds. The number of ether oxygens (including phenoxy) is 1. The number of hydrogen-bond acceptors (Lipinski definition) is 2. The van der Waals surface area contributed by atoms with Gasteiger partial charge in [-0.15, -0.1) is 0 Å². The number of methoxy groups -OCH3 is 1. The molecule has 0 atom stereocenters. The monoisotopic (exact) mass is 293 g/mol. The fourth-order valence-electron chi connectivity index (χ4n) is 2.05. The van der Waals surface area contributed by atoms with Gasteiger partial charge in [-0.2, -0.15) is 0 Å². The van der Waals surface area contributed by atoms with Crippen molar-refractivity contribution in [2.75, 3.05) is 13.7 Å². The molecule has 0 aliphatic carbocycles. The average molecular weight is 294 g/mol. The van der Waals surface area contributed by atoms with E-state index in [1.165, 1.54) is 6.07 Å². The summed E-state index contributed by atoms with van der Waals surface area (Å²) in [7, 11) is 1.66. The van der Waals surface area contributed by atoms with Gasteiger partial charge in [-0.05, 0) is 36.7 Å². The Morgan fingerprint density at radius 1 is 1.15 bits per heavy atom. The van der Waals surface area contributed by atoms with Crippen molar-refractivity contribution in [1.29, 1.82) is 0 Å². The molecular formula is C16H17ClFNO. The first-order valence-corrected chi connectivity index (χ1v) is 6.85. The summed E-state index contributed by atoms with van der Waals surface area (Å²) in [6, 6.07) is 12.6. The van der Waals surface area contributed by atoms with Gasteiger partial charge < -0.3 is 10.1 Å². The van der Waals surface area contributed by atoms with E-state index in [-0.39, 0.29) is 5.82 Å². The van der Waals surface area contributed by atoms with Crippen molar-refractivity contribution in [2.24, 2.45) is 0 Å². The number of benzene rings is 2. The van der Waals surface area contributed by atoms with Crippen LogP contribution in [0.15, 0.2) is 42.5 Å². The summed E-state index contributed by atoms with van der Waals surface area (Å²) in [4.78, 5) is 0. The molecule has 2 aromatic rings. The van der Waals surface area contributed by atoms with Crippen LogP contribution in [0.4, 0.5) is 4.39 Å². The first-order valence-electron chi connectivity index (χ1n) is 6.48. The smallest absolute Gasteiger partial charge is 0.129 e. The Bertz CT molecular complexity index is 554. The van der Waals surface area contributed by atoms with Gasteiger partial charge >= 0.3 is 0 Å². The van der Waals surface area contributed by atoms with E-state index >= 15 is 0 Å². The predicted octanol–water partition coefficient (Wildman–Crippen LogP) is 3.82. The maximum Gasteiger partial charge on any atom is 0.129 e. The normalized spacial score (nSPS) is 10.6. The molecule has 0 unspecified atom stereocenters. The van der Waals surface area contributed by atoms with Crippen LogP contribution in [0.1, 0.15) is 11.1 Å². The molecule has 20 heavy (non-hydrogen) atoms. The first-order chi connectivity index (χ1) is 9.72. The Morgan fingerprint density at radius 3 is 2.70 bits per heavy atom. The quantitative estimate of drug-likeness (QED) is 0.818. The van der Waals surface area contributed by atoms with Crippen LogP contribution in [-0.4, -0.2) is 13.7 Å². The van der Waals surface area contributed by atoms with Crippen LogP contribution in [0.3, 0.4) is 0 Å². The van der Waals surface area contributed by atoms with Crippen LogP contribution in [0.5, 0.6) is 5.75 Å². The summed E-state index contributed by atoms with van der Waals surface area (Å²) in [5.41, 5.74) is 1.64. The van der Waals surface area contributed by atoms with Crippen LogP contribution in [-0.2, 0) is 13.0 Å². The highest BCUT2D eigenvalue weighted by molar-refractivity contribution is 6.31. The van der Waals surface area contributed by atoms with Gasteiger partial charge in [-0.3, -0.25) is 0 Å². The summed E-state index contributed by atoms with van der Waals surface area (Å²) >= 11 is 5.97. The molecule has 0 aliphatic rings. The second-order valence-electron chi connectivity index (χ2n) is 4.44. The van der Waals surface area contributed by atoms with Gasteiger partial charge in [-0.1, -0.05) is 35.9 Å². The molecule has 2 aromatic carbocycles. The van der Waals surface area contributed by atoms with Crippen LogP contribution in [0, 0.1) is 5.82 Å². The van der Waals surface area contributed by atoms with Crippen LogP contribution in [0.2, 0.25) is 5.02 Å². The third-order valence-electron chi connectivity index (χ3n) is 3.13. The molecule has 0 spiro atoms. The van der Waals surface area contributed by atoms with Crippen molar-refractivity contribution in [1.82, 2.24) is 5.32 Å². The van der Waals surface area contributed by atoms with Gasteiger partial charge in [-0.25, -0.2) is 4.39 Å². The number of hydrogen-bond donors (Lipinski definition) is 1. The molecule has 0 heterocycles. The Labute approximate surface area is 123 Å². The van der Waals surface area contributed by atoms with E-state index in [2.05, 4.69) is 5.32 Å². The lowest BCUT2D eigenvalue weighted by Gasteiger charge is -2.10. The molecule has 0 saturated heterocycles. The highest BCUT2D eigenvalue weighted by atomic mass is 35.5. The molecule has 0 aromatic heterocycles. The second kappa shape index (κ2) is 7.27. The van der Waals surface area contributed by atoms with E-state index < -0.39 is 0 Å². The van der Waals surface area contributed by atoms with Gasteiger partial charge in [0.05, 0.1) is 7.11 Å². The first kappa shape index (κ1) is 14.8. The standard InChI is InChI=1S/C16H17ClFNO/c1-20-16-8-3-2-5-12(16)9-10-19-11-13-14(17)6-4-7-15(13)18/h2-8,19H,9-11H2,1H3. The topological polar surface area (TPSA) is 21.3 Å². The number of nitrogens with one attached hydrogen (secondary N) is 1. The van der Waals surface area contributed by atoms with Gasteiger partial charge in [0, 0.05) is 17.1 Å². The van der Waals surface area contributed by atoms with Gasteiger partial charge in [0.1, 0.15) is 11.6 Å². The van der Waals surface area contributed by atoms with E-state index in [1.807, 2.05) is 24.3 Å². The van der Waals surface area contributed by atoms with E-state index in [9.17, 15) is 4.39 Å². The lowest BCUT2D eigenvalue weighted by atomic mass is 10.1. The Hall–Kier alpha value is -1.58. The predicted molar refractivity (Wildman–Crippen MR) is 79.8 cm³/mol. The summed E-state index contributed by atoms with van der Waals surface area (Å²) in [6.45, 7) is 1.14. The Kier molecular flexibility index (Phi) is 5.39. The molecule has 0 saturated carbocycles. The fraction of sp³-hybridized carbons (Fsp3) is 0.250. The average Bonchev–Trinajstić information content (AvgIpc) is 2.46. The SMILES string of the molecule is COc1ccccc1CCNCc1c(F)cccc1Cl. The molecular weight excluding hydrogens is 277 g/mol. The molecule has 1 N–H and O–H groups in total. The van der Waals surface area contributed by atoms with E-state index in [0.29, 0.717) is 17.1 Å². The summed E-state index contributed by atoms with van der Waals surface area (Å²) in [6.07, 6.45) is 0.816. The molecule has 0 bridgehead atoms. The molecule has 106 valence electrons. The van der Waals surface area contributed by atoms with Crippen molar-refractivity contribution >= 4 is 11.6 Å². The lowest BCUT2D eigenvalue weighted by Crippen LogP contribution is -2.18. The molecule has 2 nitrogen and oxygen atoms in total. The van der Waals surface area contributed by atoms with Gasteiger partial charge in [0.2, 0.25) is 0 Å². The van der Waals surface area contributed by atoms with Crippen molar-refractivity contribution in [3.63, 3.8) is 0 Å². The maximum atomic E-state index is 13.6. The third-order valence-corrected chi connectivity index (χ3v) is 3.48. The molecule has 0 aliphatic heterocycles. The van der Waals surface area contributed by atoms with Crippen molar-refractivity contribution < 1.29 is 9.13 Å². The summed E-state index contributed by atoms with van der Waals surface area (Å²) < 4.78 is 18.9. The Morgan fingerprint density at radius 2 is 1.95 bits per heavy atom. The minimum Gasteiger partial charge on any atom is -0.496 e. The zero-order valence-corrected chi connectivity index (χ0v) is 12.1. The lowest BCUT2D eigenvalue weighted by molar-refractivity contribution is 0.409. The maximum absolute atomic E-state index is 13.6. The third kappa shape index (κ3) is 3.71. The summed E-state index contributed by atoms with van der Waals surface area (Å²) in [5, 5.41) is 3.66. The van der Waals surface area contributed by atoms with Crippen LogP contribution >= 0.6 is 11.6 Å². The van der Waals surface area contributed by atoms with Crippen molar-refractivity contribution in [2.45, 2.75) is 13.0 Å². The van der Waals surface area contributed by atoms with E-state index in [0.717, 1.165) is 24.3 Å². The Balaban J connectivity index is 1.88. The number of rotatable bonds is 6. The van der Waals surface area contributed by atoms with Gasteiger partial charge in [0.15, 0.2) is 0 Å². The molecule has 0 fully saturated rings. The zero-order chi connectivity index (χ0) is 14.4. The van der Waals surface area contributed by atoms with Gasteiger partial charge in [0.25, 0.3) is 0 Å². The number of halogens is 2. The number of para-hydroxylation sites is 1. The molecule has 2 rings (SSSR count). The van der Waals surface area contributed by atoms with Crippen molar-refractivity contribution in [3.05, 3.63) is 64.4 Å². The van der Waals surface area contributed by atoms with Crippen molar-refractivity contribution in [3.8, 4) is 5.75 Å². The highest BCUT2D eigenvalue weighted by Gasteiger charge is 2.06. The van der Waals surface area contributed by atoms with Crippen LogP contribution < -0.4 is 10.1 Å². The molecule has 4 heteroatoms. The summed E-state index contributed by atoms with van der Waals surface area (Å²) in [5.74, 6) is 0.598. The largest absolute Gasteiger partial charge is 0.496 e. The fourth-order valence-corrected chi connectivity index (χ4v) is 2.28. The zero-order valence-electron chi connectivity index (χ0n) is 11.3. The molecule has 0 radical (unpaired) electrons. The van der Waals surface area contributed by atoms with Crippen LogP contribution in [0.25, 0.3) is 0 Å². The minimum atomic E-state index is -0.276. The minimum absolute atomic E-state index is 0.276.